The minimum Gasteiger partial charge on any atom is -0.325 e. The third-order valence-corrected chi connectivity index (χ3v) is 6.87. The van der Waals surface area contributed by atoms with Crippen molar-refractivity contribution in [2.24, 2.45) is 5.92 Å². The first-order valence-corrected chi connectivity index (χ1v) is 11.3. The minimum absolute atomic E-state index is 0.0254. The highest BCUT2D eigenvalue weighted by molar-refractivity contribution is 8.00. The molecule has 9 heteroatoms. The lowest BCUT2D eigenvalue weighted by atomic mass is 9.96. The van der Waals surface area contributed by atoms with Crippen LogP contribution in [0.4, 0.5) is 10.5 Å². The van der Waals surface area contributed by atoms with Gasteiger partial charge in [-0.2, -0.15) is 0 Å². The van der Waals surface area contributed by atoms with E-state index in [0.29, 0.717) is 0 Å². The summed E-state index contributed by atoms with van der Waals surface area (Å²) in [5, 5.41) is 9.54. The molecule has 1 aromatic carbocycles. The molecule has 4 unspecified atom stereocenters. The highest BCUT2D eigenvalue weighted by atomic mass is 32.2. The molecule has 2 aliphatic heterocycles. The Bertz CT molecular complexity index is 833. The van der Waals surface area contributed by atoms with Crippen LogP contribution in [-0.2, 0) is 9.59 Å². The summed E-state index contributed by atoms with van der Waals surface area (Å²) >= 11 is 1.41. The molecule has 0 aliphatic carbocycles. The number of imide groups is 1. The molecule has 8 nitrogen and oxygen atoms in total. The van der Waals surface area contributed by atoms with Gasteiger partial charge in [0.15, 0.2) is 0 Å². The second-order valence-corrected chi connectivity index (χ2v) is 9.16. The predicted molar refractivity (Wildman–Crippen MR) is 119 cm³/mol. The van der Waals surface area contributed by atoms with E-state index in [4.69, 9.17) is 0 Å². The summed E-state index contributed by atoms with van der Waals surface area (Å²) in [6.07, 6.45) is 1.40. The monoisotopic (exact) mass is 433 g/mol. The number of nitrogens with zero attached hydrogens (tertiary/aromatic N) is 2. The zero-order valence-electron chi connectivity index (χ0n) is 18.2. The molecule has 0 spiro atoms. The largest absolute Gasteiger partial charge is 0.327 e. The summed E-state index contributed by atoms with van der Waals surface area (Å²) in [4.78, 5) is 40.6. The van der Waals surface area contributed by atoms with Gasteiger partial charge in [-0.3, -0.25) is 25.1 Å². The Balaban J connectivity index is 1.71. The molecule has 4 amide bonds. The molecule has 0 bridgehead atoms. The molecule has 3 rings (SSSR count). The van der Waals surface area contributed by atoms with Crippen molar-refractivity contribution in [2.75, 3.05) is 25.2 Å². The number of amides is 4. The molecule has 2 aliphatic rings. The number of rotatable bonds is 6. The Labute approximate surface area is 182 Å². The van der Waals surface area contributed by atoms with Gasteiger partial charge in [-0.1, -0.05) is 31.0 Å². The average molecular weight is 434 g/mol. The number of nitrogens with one attached hydrogen (secondary N) is 3. The molecule has 0 aromatic heterocycles. The third-order valence-electron chi connectivity index (χ3n) is 5.65. The van der Waals surface area contributed by atoms with Gasteiger partial charge in [-0.15, -0.1) is 11.8 Å². The first-order valence-electron chi connectivity index (χ1n) is 10.3. The van der Waals surface area contributed by atoms with Crippen LogP contribution < -0.4 is 16.0 Å². The van der Waals surface area contributed by atoms with E-state index in [1.807, 2.05) is 32.0 Å². The summed E-state index contributed by atoms with van der Waals surface area (Å²) in [6, 6.07) is 5.58. The molecule has 2 fully saturated rings. The molecule has 164 valence electrons. The van der Waals surface area contributed by atoms with Crippen molar-refractivity contribution in [3.05, 3.63) is 29.3 Å². The van der Waals surface area contributed by atoms with E-state index >= 15 is 0 Å². The standard InChI is InChI=1S/C21H31N5O3S/c1-6-7-15-23-18-17(20(28)26(5)21(29)25(18)4)19(24-15)30-11-16(27)22-14-9-8-12(2)10-13(14)3/h8-10,15,17-19,23-24H,6-7,11H2,1-5H3,(H,22,27). The van der Waals surface area contributed by atoms with Gasteiger partial charge >= 0.3 is 6.03 Å². The number of hydrogen-bond donors (Lipinski definition) is 3. The van der Waals surface area contributed by atoms with Crippen LogP contribution >= 0.6 is 11.8 Å². The van der Waals surface area contributed by atoms with E-state index in [-0.39, 0.29) is 41.3 Å². The van der Waals surface area contributed by atoms with Crippen LogP contribution in [0.15, 0.2) is 18.2 Å². The zero-order chi connectivity index (χ0) is 22.0. The fourth-order valence-corrected chi connectivity index (χ4v) is 5.17. The summed E-state index contributed by atoms with van der Waals surface area (Å²) in [7, 11) is 3.21. The van der Waals surface area contributed by atoms with Crippen LogP contribution in [0, 0.1) is 19.8 Å². The number of hydrogen-bond acceptors (Lipinski definition) is 6. The molecule has 3 N–H and O–H groups in total. The van der Waals surface area contributed by atoms with Crippen LogP contribution in [-0.4, -0.2) is 65.2 Å². The Morgan fingerprint density at radius 2 is 1.93 bits per heavy atom. The number of thioether (sulfide) groups is 1. The molecule has 1 aromatic rings. The number of anilines is 1. The van der Waals surface area contributed by atoms with Crippen LogP contribution in [0.1, 0.15) is 30.9 Å². The van der Waals surface area contributed by atoms with Gasteiger partial charge in [0.05, 0.1) is 29.4 Å². The second-order valence-electron chi connectivity index (χ2n) is 8.03. The Kier molecular flexibility index (Phi) is 7.05. The van der Waals surface area contributed by atoms with E-state index in [9.17, 15) is 14.4 Å². The van der Waals surface area contributed by atoms with Gasteiger partial charge in [0.25, 0.3) is 0 Å². The Hall–Kier alpha value is -2.10. The van der Waals surface area contributed by atoms with Gasteiger partial charge in [0.2, 0.25) is 11.8 Å². The number of carbonyl (C=O) groups is 3. The number of benzene rings is 1. The minimum atomic E-state index is -0.468. The fraction of sp³-hybridized carbons (Fsp3) is 0.571. The highest BCUT2D eigenvalue weighted by Gasteiger charge is 2.50. The van der Waals surface area contributed by atoms with Gasteiger partial charge in [-0.25, -0.2) is 4.79 Å². The topological polar surface area (TPSA) is 93.8 Å². The SMILES string of the molecule is CCCC1NC(SCC(=O)Nc2ccc(C)cc2C)C2C(=O)N(C)C(=O)N(C)C2N1. The van der Waals surface area contributed by atoms with Crippen molar-refractivity contribution in [3.8, 4) is 0 Å². The van der Waals surface area contributed by atoms with Crippen molar-refractivity contribution in [3.63, 3.8) is 0 Å². The van der Waals surface area contributed by atoms with E-state index in [1.165, 1.54) is 18.8 Å². The molecule has 2 heterocycles. The first kappa shape index (κ1) is 22.6. The summed E-state index contributed by atoms with van der Waals surface area (Å²) < 4.78 is 0. The number of aryl methyl sites for hydroxylation is 2. The molecular weight excluding hydrogens is 402 g/mol. The molecule has 0 saturated carbocycles. The summed E-state index contributed by atoms with van der Waals surface area (Å²) in [6.45, 7) is 6.07. The summed E-state index contributed by atoms with van der Waals surface area (Å²) in [5.74, 6) is -0.603. The normalized spacial score (nSPS) is 26.6. The molecular formula is C21H31N5O3S. The van der Waals surface area contributed by atoms with E-state index in [0.717, 1.165) is 34.6 Å². The van der Waals surface area contributed by atoms with Crippen molar-refractivity contribution in [1.82, 2.24) is 20.4 Å². The Morgan fingerprint density at radius 1 is 1.20 bits per heavy atom. The maximum atomic E-state index is 12.9. The van der Waals surface area contributed by atoms with E-state index in [1.54, 1.807) is 11.9 Å². The smallest absolute Gasteiger partial charge is 0.325 e. The van der Waals surface area contributed by atoms with Crippen molar-refractivity contribution >= 4 is 35.3 Å². The first-order chi connectivity index (χ1) is 14.2. The van der Waals surface area contributed by atoms with Crippen LogP contribution in [0.5, 0.6) is 0 Å². The van der Waals surface area contributed by atoms with Crippen molar-refractivity contribution in [1.29, 1.82) is 0 Å². The van der Waals surface area contributed by atoms with Crippen LogP contribution in [0.25, 0.3) is 0 Å². The quantitative estimate of drug-likeness (QED) is 0.636. The number of urea groups is 1. The summed E-state index contributed by atoms with van der Waals surface area (Å²) in [5.41, 5.74) is 2.95. The number of carbonyl (C=O) groups excluding carboxylic acids is 3. The second kappa shape index (κ2) is 9.36. The lowest BCUT2D eigenvalue weighted by Gasteiger charge is -2.50. The molecule has 2 saturated heterocycles. The maximum Gasteiger partial charge on any atom is 0.327 e. The molecule has 0 radical (unpaired) electrons. The van der Waals surface area contributed by atoms with E-state index in [2.05, 4.69) is 22.9 Å². The van der Waals surface area contributed by atoms with E-state index < -0.39 is 5.92 Å². The number of fused-ring (bicyclic) bond motifs is 1. The Morgan fingerprint density at radius 3 is 2.60 bits per heavy atom. The van der Waals surface area contributed by atoms with Crippen molar-refractivity contribution in [2.45, 2.75) is 51.3 Å². The average Bonchev–Trinajstić information content (AvgIpc) is 2.71. The van der Waals surface area contributed by atoms with Gasteiger partial charge < -0.3 is 10.2 Å². The zero-order valence-corrected chi connectivity index (χ0v) is 19.0. The third kappa shape index (κ3) is 4.63. The van der Waals surface area contributed by atoms with Crippen LogP contribution in [0.2, 0.25) is 0 Å². The van der Waals surface area contributed by atoms with Gasteiger partial charge in [0, 0.05) is 19.8 Å². The lowest BCUT2D eigenvalue weighted by molar-refractivity contribution is -0.140. The predicted octanol–water partition coefficient (Wildman–Crippen LogP) is 2.09. The molecule has 30 heavy (non-hydrogen) atoms. The van der Waals surface area contributed by atoms with Crippen LogP contribution in [0.3, 0.4) is 0 Å². The highest BCUT2D eigenvalue weighted by Crippen LogP contribution is 2.32. The molecule has 4 atom stereocenters. The van der Waals surface area contributed by atoms with Gasteiger partial charge in [-0.05, 0) is 31.9 Å². The van der Waals surface area contributed by atoms with Crippen molar-refractivity contribution < 1.29 is 14.4 Å². The maximum absolute atomic E-state index is 12.9. The fourth-order valence-electron chi connectivity index (χ4n) is 4.03. The lowest BCUT2D eigenvalue weighted by Crippen LogP contribution is -2.74. The van der Waals surface area contributed by atoms with Gasteiger partial charge in [0.1, 0.15) is 0 Å².